The van der Waals surface area contributed by atoms with E-state index in [4.69, 9.17) is 9.84 Å². The number of benzene rings is 1. The molecule has 0 unspecified atom stereocenters. The highest BCUT2D eigenvalue weighted by molar-refractivity contribution is 5.90. The SMILES string of the molecule is CC(=O)Oc1c(C)cc(C(=O)O)c(C)c1C. The maximum Gasteiger partial charge on any atom is 0.335 e. The highest BCUT2D eigenvalue weighted by atomic mass is 16.5. The molecule has 0 heterocycles. The topological polar surface area (TPSA) is 63.6 Å². The van der Waals surface area contributed by atoms with E-state index < -0.39 is 11.9 Å². The molecule has 86 valence electrons. The summed E-state index contributed by atoms with van der Waals surface area (Å²) in [5, 5.41) is 8.98. The maximum absolute atomic E-state index is 11.0. The van der Waals surface area contributed by atoms with E-state index in [0.29, 0.717) is 22.4 Å². The third-order valence-corrected chi connectivity index (χ3v) is 2.50. The molecule has 0 atom stereocenters. The second-order valence-corrected chi connectivity index (χ2v) is 3.72. The second-order valence-electron chi connectivity index (χ2n) is 3.72. The number of carbonyl (C=O) groups excluding carboxylic acids is 1. The zero-order valence-electron chi connectivity index (χ0n) is 9.75. The van der Waals surface area contributed by atoms with Crippen LogP contribution in [0.25, 0.3) is 0 Å². The zero-order chi connectivity index (χ0) is 12.5. The van der Waals surface area contributed by atoms with E-state index in [9.17, 15) is 9.59 Å². The van der Waals surface area contributed by atoms with E-state index in [1.807, 2.05) is 0 Å². The molecule has 0 spiro atoms. The Balaban J connectivity index is 3.39. The number of esters is 1. The molecule has 0 fully saturated rings. The predicted molar refractivity (Wildman–Crippen MR) is 58.9 cm³/mol. The predicted octanol–water partition coefficient (Wildman–Crippen LogP) is 2.24. The fourth-order valence-electron chi connectivity index (χ4n) is 1.58. The van der Waals surface area contributed by atoms with Crippen LogP contribution in [0, 0.1) is 20.8 Å². The van der Waals surface area contributed by atoms with Gasteiger partial charge in [0.25, 0.3) is 0 Å². The lowest BCUT2D eigenvalue weighted by molar-refractivity contribution is -0.131. The lowest BCUT2D eigenvalue weighted by atomic mass is 9.99. The van der Waals surface area contributed by atoms with Crippen molar-refractivity contribution in [1.82, 2.24) is 0 Å². The first-order valence-corrected chi connectivity index (χ1v) is 4.87. The molecule has 0 amide bonds. The minimum atomic E-state index is -0.974. The largest absolute Gasteiger partial charge is 0.478 e. The molecule has 16 heavy (non-hydrogen) atoms. The van der Waals surface area contributed by atoms with Gasteiger partial charge in [0, 0.05) is 6.92 Å². The Kier molecular flexibility index (Phi) is 3.32. The van der Waals surface area contributed by atoms with Gasteiger partial charge in [0.2, 0.25) is 0 Å². The van der Waals surface area contributed by atoms with Crippen molar-refractivity contribution in [3.05, 3.63) is 28.3 Å². The van der Waals surface area contributed by atoms with Crippen LogP contribution in [0.4, 0.5) is 0 Å². The standard InChI is InChI=1S/C12H14O4/c1-6-5-10(12(14)15)7(2)8(3)11(6)16-9(4)13/h5H,1-4H3,(H,14,15). The highest BCUT2D eigenvalue weighted by Gasteiger charge is 2.16. The Morgan fingerprint density at radius 1 is 1.19 bits per heavy atom. The van der Waals surface area contributed by atoms with Crippen LogP contribution in [0.2, 0.25) is 0 Å². The first-order valence-electron chi connectivity index (χ1n) is 4.87. The smallest absolute Gasteiger partial charge is 0.335 e. The number of aromatic carboxylic acids is 1. The lowest BCUT2D eigenvalue weighted by Gasteiger charge is -2.13. The van der Waals surface area contributed by atoms with Crippen molar-refractivity contribution in [3.8, 4) is 5.75 Å². The quantitative estimate of drug-likeness (QED) is 0.615. The van der Waals surface area contributed by atoms with Gasteiger partial charge in [-0.1, -0.05) is 0 Å². The van der Waals surface area contributed by atoms with E-state index in [2.05, 4.69) is 0 Å². The summed E-state index contributed by atoms with van der Waals surface area (Å²) >= 11 is 0. The van der Waals surface area contributed by atoms with Gasteiger partial charge in [0.15, 0.2) is 0 Å². The first kappa shape index (κ1) is 12.2. The van der Waals surface area contributed by atoms with E-state index in [0.717, 1.165) is 0 Å². The second kappa shape index (κ2) is 4.35. The van der Waals surface area contributed by atoms with Crippen molar-refractivity contribution in [1.29, 1.82) is 0 Å². The van der Waals surface area contributed by atoms with Gasteiger partial charge in [0.1, 0.15) is 5.75 Å². The third-order valence-electron chi connectivity index (χ3n) is 2.50. The number of carboxylic acids is 1. The zero-order valence-corrected chi connectivity index (χ0v) is 9.75. The van der Waals surface area contributed by atoms with E-state index >= 15 is 0 Å². The van der Waals surface area contributed by atoms with Gasteiger partial charge >= 0.3 is 11.9 Å². The van der Waals surface area contributed by atoms with Crippen molar-refractivity contribution in [2.24, 2.45) is 0 Å². The number of hydrogen-bond acceptors (Lipinski definition) is 3. The van der Waals surface area contributed by atoms with Crippen molar-refractivity contribution in [2.75, 3.05) is 0 Å². The molecule has 1 N–H and O–H groups in total. The van der Waals surface area contributed by atoms with Crippen LogP contribution in [0.5, 0.6) is 5.75 Å². The molecule has 1 aromatic carbocycles. The Hall–Kier alpha value is -1.84. The molecule has 0 aromatic heterocycles. The summed E-state index contributed by atoms with van der Waals surface area (Å²) in [5.74, 6) is -0.929. The summed E-state index contributed by atoms with van der Waals surface area (Å²) in [7, 11) is 0. The summed E-state index contributed by atoms with van der Waals surface area (Å²) in [5.41, 5.74) is 2.20. The first-order chi connectivity index (χ1) is 7.34. The fraction of sp³-hybridized carbons (Fsp3) is 0.333. The Morgan fingerprint density at radius 2 is 1.75 bits per heavy atom. The van der Waals surface area contributed by atoms with Crippen molar-refractivity contribution < 1.29 is 19.4 Å². The van der Waals surface area contributed by atoms with Crippen LogP contribution in [-0.2, 0) is 4.79 Å². The van der Waals surface area contributed by atoms with Crippen LogP contribution >= 0.6 is 0 Å². The molecule has 4 heteroatoms. The van der Waals surface area contributed by atoms with Gasteiger partial charge in [-0.25, -0.2) is 4.79 Å². The molecule has 0 radical (unpaired) electrons. The van der Waals surface area contributed by atoms with Crippen LogP contribution in [0.3, 0.4) is 0 Å². The number of carboxylic acid groups (broad SMARTS) is 1. The van der Waals surface area contributed by atoms with Crippen molar-refractivity contribution >= 4 is 11.9 Å². The Bertz CT molecular complexity index is 461. The van der Waals surface area contributed by atoms with Gasteiger partial charge in [-0.3, -0.25) is 4.79 Å². The maximum atomic E-state index is 11.0. The molecule has 0 aliphatic heterocycles. The van der Waals surface area contributed by atoms with Gasteiger partial charge in [-0.2, -0.15) is 0 Å². The third kappa shape index (κ3) is 2.21. The number of aryl methyl sites for hydroxylation is 1. The molecular weight excluding hydrogens is 208 g/mol. The summed E-state index contributed by atoms with van der Waals surface area (Å²) in [4.78, 5) is 21.9. The average Bonchev–Trinajstić information content (AvgIpc) is 2.17. The van der Waals surface area contributed by atoms with Gasteiger partial charge in [-0.15, -0.1) is 0 Å². The van der Waals surface area contributed by atoms with Crippen LogP contribution in [0.1, 0.15) is 34.0 Å². The molecular formula is C12H14O4. The van der Waals surface area contributed by atoms with Gasteiger partial charge < -0.3 is 9.84 Å². The number of ether oxygens (including phenoxy) is 1. The summed E-state index contributed by atoms with van der Waals surface area (Å²) in [6.45, 7) is 6.48. The molecule has 1 aromatic rings. The average molecular weight is 222 g/mol. The monoisotopic (exact) mass is 222 g/mol. The molecule has 1 rings (SSSR count). The van der Waals surface area contributed by atoms with Crippen LogP contribution in [-0.4, -0.2) is 17.0 Å². The number of rotatable bonds is 2. The minimum absolute atomic E-state index is 0.242. The normalized spacial score (nSPS) is 10.0. The van der Waals surface area contributed by atoms with Crippen LogP contribution < -0.4 is 4.74 Å². The van der Waals surface area contributed by atoms with E-state index in [1.54, 1.807) is 20.8 Å². The minimum Gasteiger partial charge on any atom is -0.478 e. The Morgan fingerprint density at radius 3 is 2.19 bits per heavy atom. The number of hydrogen-bond donors (Lipinski definition) is 1. The molecule has 0 aliphatic rings. The highest BCUT2D eigenvalue weighted by Crippen LogP contribution is 2.28. The van der Waals surface area contributed by atoms with E-state index in [1.165, 1.54) is 13.0 Å². The molecule has 0 bridgehead atoms. The Labute approximate surface area is 93.9 Å². The van der Waals surface area contributed by atoms with Gasteiger partial charge in [0.05, 0.1) is 5.56 Å². The summed E-state index contributed by atoms with van der Waals surface area (Å²) in [6.07, 6.45) is 0. The van der Waals surface area contributed by atoms with Crippen molar-refractivity contribution in [2.45, 2.75) is 27.7 Å². The molecule has 0 saturated heterocycles. The van der Waals surface area contributed by atoms with E-state index in [-0.39, 0.29) is 5.56 Å². The fourth-order valence-corrected chi connectivity index (χ4v) is 1.58. The van der Waals surface area contributed by atoms with Crippen LogP contribution in [0.15, 0.2) is 6.07 Å². The van der Waals surface area contributed by atoms with Gasteiger partial charge in [-0.05, 0) is 43.5 Å². The van der Waals surface area contributed by atoms with Crippen molar-refractivity contribution in [3.63, 3.8) is 0 Å². The summed E-state index contributed by atoms with van der Waals surface area (Å²) < 4.78 is 5.06. The lowest BCUT2D eigenvalue weighted by Crippen LogP contribution is -2.08. The molecule has 0 saturated carbocycles. The number of carbonyl (C=O) groups is 2. The summed E-state index contributed by atoms with van der Waals surface area (Å²) in [6, 6.07) is 1.52. The molecule has 4 nitrogen and oxygen atoms in total. The molecule has 0 aliphatic carbocycles.